The Morgan fingerprint density at radius 2 is 1.49 bits per heavy atom. The fraction of sp³-hybridized carbons (Fsp3) is 0.103. The number of benzene rings is 4. The maximum atomic E-state index is 13.3. The van der Waals surface area contributed by atoms with E-state index in [9.17, 15) is 9.59 Å². The quantitative estimate of drug-likeness (QED) is 0.216. The van der Waals surface area contributed by atoms with E-state index < -0.39 is 0 Å². The molecule has 6 heteroatoms. The zero-order valence-corrected chi connectivity index (χ0v) is 20.2. The number of ether oxygens (including phenoxy) is 1. The molecule has 2 amide bonds. The lowest BCUT2D eigenvalue weighted by molar-refractivity contribution is -0.131. The highest BCUT2D eigenvalue weighted by atomic mass is 32.2. The summed E-state index contributed by atoms with van der Waals surface area (Å²) in [5.41, 5.74) is 2.74. The summed E-state index contributed by atoms with van der Waals surface area (Å²) in [6.07, 6.45) is 0.734. The predicted octanol–water partition coefficient (Wildman–Crippen LogP) is 7.04. The molecule has 5 nitrogen and oxygen atoms in total. The second-order valence-corrected chi connectivity index (χ2v) is 8.99. The minimum Gasteiger partial charge on any atom is -0.427 e. The second-order valence-electron chi connectivity index (χ2n) is 7.85. The summed E-state index contributed by atoms with van der Waals surface area (Å²) in [7, 11) is 0. The molecule has 35 heavy (non-hydrogen) atoms. The molecule has 0 spiro atoms. The van der Waals surface area contributed by atoms with Crippen LogP contribution in [-0.2, 0) is 11.2 Å². The third kappa shape index (κ3) is 7.22. The molecule has 4 aromatic rings. The first-order valence-corrected chi connectivity index (χ1v) is 12.1. The Labute approximate surface area is 209 Å². The van der Waals surface area contributed by atoms with E-state index in [0.29, 0.717) is 12.3 Å². The fourth-order valence-electron chi connectivity index (χ4n) is 3.54. The van der Waals surface area contributed by atoms with Crippen molar-refractivity contribution >= 4 is 35.1 Å². The van der Waals surface area contributed by atoms with E-state index in [1.165, 1.54) is 12.5 Å². The fourth-order valence-corrected chi connectivity index (χ4v) is 4.41. The summed E-state index contributed by atoms with van der Waals surface area (Å²) in [5, 5.41) is 3.01. The average Bonchev–Trinajstić information content (AvgIpc) is 2.87. The number of carbonyl (C=O) groups is 2. The number of amides is 2. The van der Waals surface area contributed by atoms with Crippen LogP contribution >= 0.6 is 11.8 Å². The van der Waals surface area contributed by atoms with Crippen LogP contribution in [0.3, 0.4) is 0 Å². The molecule has 0 saturated heterocycles. The van der Waals surface area contributed by atoms with Crippen LogP contribution in [-0.4, -0.2) is 18.5 Å². The zero-order valence-electron chi connectivity index (χ0n) is 19.4. The molecule has 0 heterocycles. The Bertz CT molecular complexity index is 1260. The van der Waals surface area contributed by atoms with Crippen LogP contribution in [0.15, 0.2) is 119 Å². The topological polar surface area (TPSA) is 58.6 Å². The van der Waals surface area contributed by atoms with Gasteiger partial charge in [0.25, 0.3) is 0 Å². The van der Waals surface area contributed by atoms with Gasteiger partial charge in [0.1, 0.15) is 5.75 Å². The number of para-hydroxylation sites is 1. The lowest BCUT2D eigenvalue weighted by Crippen LogP contribution is -2.36. The van der Waals surface area contributed by atoms with E-state index in [4.69, 9.17) is 4.74 Å². The first kappa shape index (κ1) is 24.1. The highest BCUT2D eigenvalue weighted by molar-refractivity contribution is 7.99. The number of carbonyl (C=O) groups excluding carboxylic acids is 2. The molecule has 4 aromatic carbocycles. The van der Waals surface area contributed by atoms with Gasteiger partial charge in [-0.3, -0.25) is 9.69 Å². The Morgan fingerprint density at radius 1 is 0.800 bits per heavy atom. The SMILES string of the molecule is CC(=O)Oc1ccc(Sc2cccc(N(CCc3ccccc3)C(=O)Nc3ccccc3)c2)cc1. The molecule has 4 rings (SSSR count). The van der Waals surface area contributed by atoms with Gasteiger partial charge in [0, 0.05) is 34.6 Å². The zero-order chi connectivity index (χ0) is 24.5. The second kappa shape index (κ2) is 11.9. The molecule has 0 fully saturated rings. The Kier molecular flexibility index (Phi) is 8.20. The first-order valence-electron chi connectivity index (χ1n) is 11.3. The summed E-state index contributed by atoms with van der Waals surface area (Å²) < 4.78 is 5.11. The number of hydrogen-bond donors (Lipinski definition) is 1. The van der Waals surface area contributed by atoms with Crippen LogP contribution < -0.4 is 15.0 Å². The summed E-state index contributed by atoms with van der Waals surface area (Å²) in [6, 6.07) is 34.7. The summed E-state index contributed by atoms with van der Waals surface area (Å²) in [4.78, 5) is 28.2. The van der Waals surface area contributed by atoms with Crippen molar-refractivity contribution in [2.24, 2.45) is 0 Å². The third-order valence-corrected chi connectivity index (χ3v) is 6.18. The van der Waals surface area contributed by atoms with Gasteiger partial charge in [0.05, 0.1) is 0 Å². The Morgan fingerprint density at radius 3 is 2.17 bits per heavy atom. The maximum absolute atomic E-state index is 13.3. The standard InChI is InChI=1S/C29H26N2O3S/c1-22(32)34-26-15-17-27(18-16-26)35-28-14-8-13-25(21-28)31(20-19-23-9-4-2-5-10-23)29(33)30-24-11-6-3-7-12-24/h2-18,21H,19-20H2,1H3,(H,30,33). The van der Waals surface area contributed by atoms with Gasteiger partial charge < -0.3 is 10.1 Å². The Balaban J connectivity index is 1.53. The van der Waals surface area contributed by atoms with Crippen LogP contribution in [0, 0.1) is 0 Å². The normalized spacial score (nSPS) is 10.4. The highest BCUT2D eigenvalue weighted by Gasteiger charge is 2.17. The molecule has 0 aliphatic rings. The molecular formula is C29H26N2O3S. The van der Waals surface area contributed by atoms with E-state index in [1.54, 1.807) is 28.8 Å². The molecule has 0 aromatic heterocycles. The molecule has 0 aliphatic heterocycles. The lowest BCUT2D eigenvalue weighted by atomic mass is 10.1. The number of anilines is 2. The van der Waals surface area contributed by atoms with Crippen molar-refractivity contribution in [1.29, 1.82) is 0 Å². The van der Waals surface area contributed by atoms with Crippen molar-refractivity contribution in [1.82, 2.24) is 0 Å². The molecule has 0 atom stereocenters. The molecular weight excluding hydrogens is 456 g/mol. The van der Waals surface area contributed by atoms with Crippen molar-refractivity contribution in [2.75, 3.05) is 16.8 Å². The Hall–Kier alpha value is -4.03. The minimum atomic E-state index is -0.345. The van der Waals surface area contributed by atoms with Gasteiger partial charge in [-0.15, -0.1) is 0 Å². The summed E-state index contributed by atoms with van der Waals surface area (Å²) in [5.74, 6) is 0.169. The van der Waals surface area contributed by atoms with Crippen LogP contribution in [0.1, 0.15) is 12.5 Å². The van der Waals surface area contributed by atoms with Gasteiger partial charge in [-0.2, -0.15) is 0 Å². The highest BCUT2D eigenvalue weighted by Crippen LogP contribution is 2.32. The number of nitrogens with one attached hydrogen (secondary N) is 1. The van der Waals surface area contributed by atoms with E-state index in [0.717, 1.165) is 27.6 Å². The summed E-state index contributed by atoms with van der Waals surface area (Å²) >= 11 is 1.58. The maximum Gasteiger partial charge on any atom is 0.326 e. The molecule has 0 saturated carbocycles. The van der Waals surface area contributed by atoms with Crippen molar-refractivity contribution in [3.8, 4) is 5.75 Å². The summed E-state index contributed by atoms with van der Waals surface area (Å²) in [6.45, 7) is 1.92. The number of urea groups is 1. The van der Waals surface area contributed by atoms with Crippen LogP contribution in [0.25, 0.3) is 0 Å². The van der Waals surface area contributed by atoms with Crippen molar-refractivity contribution < 1.29 is 14.3 Å². The van der Waals surface area contributed by atoms with Crippen molar-refractivity contribution in [3.63, 3.8) is 0 Å². The van der Waals surface area contributed by atoms with E-state index in [2.05, 4.69) is 17.4 Å². The number of esters is 1. The van der Waals surface area contributed by atoms with Crippen LogP contribution in [0.5, 0.6) is 5.75 Å². The first-order chi connectivity index (χ1) is 17.1. The minimum absolute atomic E-state index is 0.181. The monoisotopic (exact) mass is 482 g/mol. The van der Waals surface area contributed by atoms with Crippen LogP contribution in [0.4, 0.5) is 16.2 Å². The van der Waals surface area contributed by atoms with E-state index in [1.807, 2.05) is 84.9 Å². The van der Waals surface area contributed by atoms with Crippen molar-refractivity contribution in [2.45, 2.75) is 23.1 Å². The molecule has 0 aliphatic carbocycles. The molecule has 0 unspecified atom stereocenters. The van der Waals surface area contributed by atoms with E-state index in [-0.39, 0.29) is 12.0 Å². The van der Waals surface area contributed by atoms with Gasteiger partial charge >= 0.3 is 12.0 Å². The molecule has 176 valence electrons. The molecule has 0 bridgehead atoms. The largest absolute Gasteiger partial charge is 0.427 e. The molecule has 1 N–H and O–H groups in total. The predicted molar refractivity (Wildman–Crippen MR) is 141 cm³/mol. The van der Waals surface area contributed by atoms with Crippen LogP contribution in [0.2, 0.25) is 0 Å². The molecule has 0 radical (unpaired) electrons. The lowest BCUT2D eigenvalue weighted by Gasteiger charge is -2.24. The van der Waals surface area contributed by atoms with E-state index >= 15 is 0 Å². The van der Waals surface area contributed by atoms with Gasteiger partial charge in [0.2, 0.25) is 0 Å². The van der Waals surface area contributed by atoms with Crippen molar-refractivity contribution in [3.05, 3.63) is 115 Å². The van der Waals surface area contributed by atoms with Gasteiger partial charge in [-0.25, -0.2) is 4.79 Å². The number of nitrogens with zero attached hydrogens (tertiary/aromatic N) is 1. The third-order valence-electron chi connectivity index (χ3n) is 5.19. The number of rotatable bonds is 8. The average molecular weight is 483 g/mol. The van der Waals surface area contributed by atoms with Gasteiger partial charge in [0.15, 0.2) is 0 Å². The number of hydrogen-bond acceptors (Lipinski definition) is 4. The smallest absolute Gasteiger partial charge is 0.326 e. The van der Waals surface area contributed by atoms with Gasteiger partial charge in [-0.1, -0.05) is 66.4 Å². The van der Waals surface area contributed by atoms with Gasteiger partial charge in [-0.05, 0) is 66.6 Å².